The van der Waals surface area contributed by atoms with Gasteiger partial charge in [-0.2, -0.15) is 0 Å². The highest BCUT2D eigenvalue weighted by Gasteiger charge is 2.33. The number of amides is 1. The molecule has 1 fully saturated rings. The number of aromatic nitrogens is 1. The molecular weight excluding hydrogens is 341 g/mol. The molecule has 4 rings (SSSR count). The Hall–Kier alpha value is -2.79. The van der Waals surface area contributed by atoms with Crippen LogP contribution in [0.4, 0.5) is 4.39 Å². The number of rotatable bonds is 3. The van der Waals surface area contributed by atoms with Crippen molar-refractivity contribution in [1.29, 1.82) is 0 Å². The van der Waals surface area contributed by atoms with Crippen molar-refractivity contribution in [2.24, 2.45) is 11.7 Å². The molecule has 5 heteroatoms. The first-order valence-corrected chi connectivity index (χ1v) is 9.23. The van der Waals surface area contributed by atoms with E-state index >= 15 is 0 Å². The number of fused-ring (bicyclic) bond motifs is 1. The molecule has 2 heterocycles. The molecule has 0 radical (unpaired) electrons. The highest BCUT2D eigenvalue weighted by Crippen LogP contribution is 2.30. The summed E-state index contributed by atoms with van der Waals surface area (Å²) in [5.41, 5.74) is 8.42. The Balaban J connectivity index is 1.85. The quantitative estimate of drug-likeness (QED) is 0.769. The molecule has 1 aliphatic rings. The summed E-state index contributed by atoms with van der Waals surface area (Å²) < 4.78 is 13.8. The van der Waals surface area contributed by atoms with Gasteiger partial charge in [0, 0.05) is 29.6 Å². The van der Waals surface area contributed by atoms with Gasteiger partial charge in [-0.3, -0.25) is 4.79 Å². The Morgan fingerprint density at radius 1 is 1.22 bits per heavy atom. The number of hydrogen-bond donors (Lipinski definition) is 1. The van der Waals surface area contributed by atoms with Crippen molar-refractivity contribution in [3.8, 4) is 11.3 Å². The lowest BCUT2D eigenvalue weighted by Crippen LogP contribution is -2.34. The van der Waals surface area contributed by atoms with Crippen LogP contribution in [0.2, 0.25) is 0 Å². The molecule has 0 spiro atoms. The van der Waals surface area contributed by atoms with E-state index in [1.54, 1.807) is 6.07 Å². The van der Waals surface area contributed by atoms with Crippen LogP contribution in [0.25, 0.3) is 22.2 Å². The number of carbonyl (C=O) groups is 1. The molecule has 2 aromatic carbocycles. The Labute approximate surface area is 157 Å². The lowest BCUT2D eigenvalue weighted by molar-refractivity contribution is 0.0745. The van der Waals surface area contributed by atoms with Crippen molar-refractivity contribution in [2.75, 3.05) is 13.1 Å². The van der Waals surface area contributed by atoms with Gasteiger partial charge in [0.25, 0.3) is 5.91 Å². The normalized spacial score (nSPS) is 19.6. The zero-order chi connectivity index (χ0) is 19.0. The van der Waals surface area contributed by atoms with Crippen molar-refractivity contribution in [2.45, 2.75) is 19.4 Å². The number of nitrogens with two attached hydrogens (primary N) is 1. The standard InChI is InChI=1S/C22H22FN3O/c1-14-9-15(12-24)13-26(14)22(27)19-11-20(16-5-3-2-4-6-16)25-21-10-17(23)7-8-18(19)21/h2-8,10-11,14-15H,9,12-13,24H2,1H3. The van der Waals surface area contributed by atoms with E-state index in [9.17, 15) is 9.18 Å². The molecule has 0 aliphatic carbocycles. The van der Waals surface area contributed by atoms with E-state index in [4.69, 9.17) is 5.73 Å². The van der Waals surface area contributed by atoms with Gasteiger partial charge in [-0.25, -0.2) is 9.37 Å². The van der Waals surface area contributed by atoms with Gasteiger partial charge >= 0.3 is 0 Å². The zero-order valence-corrected chi connectivity index (χ0v) is 15.2. The average molecular weight is 363 g/mol. The van der Waals surface area contributed by atoms with Crippen LogP contribution in [0.15, 0.2) is 54.6 Å². The molecule has 138 valence electrons. The lowest BCUT2D eigenvalue weighted by Gasteiger charge is -2.22. The van der Waals surface area contributed by atoms with E-state index < -0.39 is 0 Å². The lowest BCUT2D eigenvalue weighted by atomic mass is 10.0. The van der Waals surface area contributed by atoms with E-state index in [0.29, 0.717) is 41.2 Å². The Bertz CT molecular complexity index is 990. The van der Waals surface area contributed by atoms with Crippen LogP contribution in [-0.2, 0) is 0 Å². The number of nitrogens with zero attached hydrogens (tertiary/aromatic N) is 2. The maximum absolute atomic E-state index is 13.8. The van der Waals surface area contributed by atoms with Gasteiger partial charge in [-0.05, 0) is 44.0 Å². The predicted molar refractivity (Wildman–Crippen MR) is 105 cm³/mol. The molecule has 2 atom stereocenters. The van der Waals surface area contributed by atoms with Crippen LogP contribution in [0.1, 0.15) is 23.7 Å². The smallest absolute Gasteiger partial charge is 0.254 e. The van der Waals surface area contributed by atoms with Crippen molar-refractivity contribution in [1.82, 2.24) is 9.88 Å². The first-order valence-electron chi connectivity index (χ1n) is 9.23. The number of pyridine rings is 1. The SMILES string of the molecule is CC1CC(CN)CN1C(=O)c1cc(-c2ccccc2)nc2cc(F)ccc12. The van der Waals surface area contributed by atoms with Gasteiger partial charge < -0.3 is 10.6 Å². The number of benzene rings is 2. The second-order valence-corrected chi connectivity index (χ2v) is 7.23. The highest BCUT2D eigenvalue weighted by atomic mass is 19.1. The van der Waals surface area contributed by atoms with Crippen LogP contribution >= 0.6 is 0 Å². The summed E-state index contributed by atoms with van der Waals surface area (Å²) in [6.07, 6.45) is 0.908. The minimum Gasteiger partial charge on any atom is -0.336 e. The van der Waals surface area contributed by atoms with E-state index in [1.807, 2.05) is 41.3 Å². The fourth-order valence-corrected chi connectivity index (χ4v) is 3.89. The van der Waals surface area contributed by atoms with Gasteiger partial charge in [-0.1, -0.05) is 30.3 Å². The summed E-state index contributed by atoms with van der Waals surface area (Å²) in [7, 11) is 0. The maximum atomic E-state index is 13.8. The summed E-state index contributed by atoms with van der Waals surface area (Å²) in [6, 6.07) is 16.0. The molecule has 0 saturated carbocycles. The number of likely N-dealkylation sites (tertiary alicyclic amines) is 1. The first kappa shape index (κ1) is 17.6. The molecule has 2 unspecified atom stereocenters. The monoisotopic (exact) mass is 363 g/mol. The molecule has 4 nitrogen and oxygen atoms in total. The molecule has 0 bridgehead atoms. The van der Waals surface area contributed by atoms with Crippen molar-refractivity contribution < 1.29 is 9.18 Å². The van der Waals surface area contributed by atoms with Crippen LogP contribution in [0, 0.1) is 11.7 Å². The largest absolute Gasteiger partial charge is 0.336 e. The molecular formula is C22H22FN3O. The van der Waals surface area contributed by atoms with Crippen LogP contribution in [0.5, 0.6) is 0 Å². The number of hydrogen-bond acceptors (Lipinski definition) is 3. The summed E-state index contributed by atoms with van der Waals surface area (Å²) in [5, 5.41) is 0.671. The predicted octanol–water partition coefficient (Wildman–Crippen LogP) is 3.85. The van der Waals surface area contributed by atoms with Crippen molar-refractivity contribution in [3.05, 3.63) is 66.0 Å². The minimum atomic E-state index is -0.364. The van der Waals surface area contributed by atoms with Gasteiger partial charge in [0.1, 0.15) is 5.82 Å². The van der Waals surface area contributed by atoms with Crippen molar-refractivity contribution in [3.63, 3.8) is 0 Å². The molecule has 3 aromatic rings. The van der Waals surface area contributed by atoms with Crippen LogP contribution in [-0.4, -0.2) is 34.9 Å². The Morgan fingerprint density at radius 2 is 2.00 bits per heavy atom. The molecule has 2 N–H and O–H groups in total. The molecule has 27 heavy (non-hydrogen) atoms. The second-order valence-electron chi connectivity index (χ2n) is 7.23. The van der Waals surface area contributed by atoms with E-state index in [-0.39, 0.29) is 17.8 Å². The highest BCUT2D eigenvalue weighted by molar-refractivity contribution is 6.07. The Morgan fingerprint density at radius 3 is 2.70 bits per heavy atom. The van der Waals surface area contributed by atoms with Crippen molar-refractivity contribution >= 4 is 16.8 Å². The fraction of sp³-hybridized carbons (Fsp3) is 0.273. The first-order chi connectivity index (χ1) is 13.1. The minimum absolute atomic E-state index is 0.0466. The summed E-state index contributed by atoms with van der Waals surface area (Å²) in [4.78, 5) is 19.8. The van der Waals surface area contributed by atoms with Crippen LogP contribution in [0.3, 0.4) is 0 Å². The van der Waals surface area contributed by atoms with E-state index in [2.05, 4.69) is 11.9 Å². The third-order valence-corrected chi connectivity index (χ3v) is 5.33. The zero-order valence-electron chi connectivity index (χ0n) is 15.2. The molecule has 1 saturated heterocycles. The van der Waals surface area contributed by atoms with Gasteiger partial charge in [0.15, 0.2) is 0 Å². The molecule has 1 amide bonds. The summed E-state index contributed by atoms with van der Waals surface area (Å²) in [5.74, 6) is -0.0888. The van der Waals surface area contributed by atoms with Gasteiger partial charge in [0.05, 0.1) is 16.8 Å². The average Bonchev–Trinajstić information content (AvgIpc) is 3.07. The van der Waals surface area contributed by atoms with Gasteiger partial charge in [0.2, 0.25) is 0 Å². The summed E-state index contributed by atoms with van der Waals surface area (Å²) >= 11 is 0. The third kappa shape index (κ3) is 3.30. The third-order valence-electron chi connectivity index (χ3n) is 5.33. The van der Waals surface area contributed by atoms with E-state index in [1.165, 1.54) is 12.1 Å². The van der Waals surface area contributed by atoms with E-state index in [0.717, 1.165) is 12.0 Å². The topological polar surface area (TPSA) is 59.2 Å². The Kier molecular flexibility index (Phi) is 4.62. The number of carbonyl (C=O) groups excluding carboxylic acids is 1. The van der Waals surface area contributed by atoms with Gasteiger partial charge in [-0.15, -0.1) is 0 Å². The maximum Gasteiger partial charge on any atom is 0.254 e. The summed E-state index contributed by atoms with van der Waals surface area (Å²) in [6.45, 7) is 3.28. The van der Waals surface area contributed by atoms with Crippen LogP contribution < -0.4 is 5.73 Å². The second kappa shape index (κ2) is 7.08. The molecule has 1 aromatic heterocycles. The fourth-order valence-electron chi connectivity index (χ4n) is 3.89. The number of halogens is 1. The molecule has 1 aliphatic heterocycles.